The lowest BCUT2D eigenvalue weighted by Gasteiger charge is -2.16. The van der Waals surface area contributed by atoms with Crippen LogP contribution in [0.1, 0.15) is 22.2 Å². The van der Waals surface area contributed by atoms with E-state index >= 15 is 0 Å². The molecule has 0 aliphatic carbocycles. The van der Waals surface area contributed by atoms with Gasteiger partial charge in [0.15, 0.2) is 11.6 Å². The van der Waals surface area contributed by atoms with Gasteiger partial charge in [-0.1, -0.05) is 6.07 Å². The first-order chi connectivity index (χ1) is 10.7. The average Bonchev–Trinajstić information content (AvgIpc) is 3.19. The van der Waals surface area contributed by atoms with Crippen LogP contribution in [0.2, 0.25) is 0 Å². The summed E-state index contributed by atoms with van der Waals surface area (Å²) in [7, 11) is 0. The van der Waals surface area contributed by atoms with E-state index in [1.54, 1.807) is 34.9 Å². The summed E-state index contributed by atoms with van der Waals surface area (Å²) in [5, 5.41) is 10.5. The summed E-state index contributed by atoms with van der Waals surface area (Å²) in [4.78, 5) is 4.37. The van der Waals surface area contributed by atoms with Gasteiger partial charge < -0.3 is 5.32 Å². The van der Waals surface area contributed by atoms with Gasteiger partial charge in [0.1, 0.15) is 5.01 Å². The highest BCUT2D eigenvalue weighted by atomic mass is 35.5. The maximum atomic E-state index is 13.3. The molecule has 0 aliphatic rings. The zero-order valence-corrected chi connectivity index (χ0v) is 14.5. The van der Waals surface area contributed by atoms with Crippen molar-refractivity contribution < 1.29 is 8.78 Å². The van der Waals surface area contributed by atoms with Crippen molar-refractivity contribution in [3.8, 4) is 0 Å². The van der Waals surface area contributed by atoms with E-state index in [0.29, 0.717) is 12.1 Å². The van der Waals surface area contributed by atoms with E-state index in [2.05, 4.69) is 21.7 Å². The maximum Gasteiger partial charge on any atom is 0.159 e. The molecule has 1 unspecified atom stereocenters. The van der Waals surface area contributed by atoms with Crippen molar-refractivity contribution in [1.82, 2.24) is 10.3 Å². The minimum absolute atomic E-state index is 0. The topological polar surface area (TPSA) is 24.9 Å². The largest absolute Gasteiger partial charge is 0.304 e. The van der Waals surface area contributed by atoms with E-state index in [0.717, 1.165) is 17.5 Å². The lowest BCUT2D eigenvalue weighted by atomic mass is 10.1. The minimum atomic E-state index is -0.821. The van der Waals surface area contributed by atoms with Crippen LogP contribution in [0.5, 0.6) is 0 Å². The molecule has 122 valence electrons. The Morgan fingerprint density at radius 3 is 2.61 bits per heavy atom. The molecule has 0 saturated heterocycles. The Morgan fingerprint density at radius 2 is 1.96 bits per heavy atom. The van der Waals surface area contributed by atoms with Crippen molar-refractivity contribution in [2.24, 2.45) is 0 Å². The summed E-state index contributed by atoms with van der Waals surface area (Å²) in [5.41, 5.74) is 1.95. The summed E-state index contributed by atoms with van der Waals surface area (Å²) < 4.78 is 26.2. The number of rotatable bonds is 6. The molecule has 3 aromatic rings. The Hall–Kier alpha value is -1.34. The molecule has 3 rings (SSSR count). The molecule has 0 fully saturated rings. The van der Waals surface area contributed by atoms with Gasteiger partial charge in [-0.2, -0.15) is 11.3 Å². The normalized spacial score (nSPS) is 11.9. The number of benzene rings is 1. The molecule has 1 atom stereocenters. The van der Waals surface area contributed by atoms with Crippen LogP contribution in [0.25, 0.3) is 0 Å². The number of nitrogens with one attached hydrogen (secondary N) is 1. The Balaban J connectivity index is 0.00000192. The van der Waals surface area contributed by atoms with E-state index < -0.39 is 11.6 Å². The number of hydrogen-bond donors (Lipinski definition) is 1. The van der Waals surface area contributed by atoms with Crippen molar-refractivity contribution in [2.75, 3.05) is 0 Å². The van der Waals surface area contributed by atoms with Crippen LogP contribution in [0.15, 0.2) is 46.6 Å². The van der Waals surface area contributed by atoms with Crippen molar-refractivity contribution in [2.45, 2.75) is 19.0 Å². The van der Waals surface area contributed by atoms with Gasteiger partial charge in [0.05, 0.1) is 6.04 Å². The van der Waals surface area contributed by atoms with Gasteiger partial charge in [0, 0.05) is 18.1 Å². The molecule has 0 saturated carbocycles. The first-order valence-corrected chi connectivity index (χ1v) is 8.62. The van der Waals surface area contributed by atoms with Crippen LogP contribution in [-0.4, -0.2) is 4.98 Å². The van der Waals surface area contributed by atoms with E-state index in [1.807, 2.05) is 10.8 Å². The van der Waals surface area contributed by atoms with Crippen LogP contribution in [0.4, 0.5) is 8.78 Å². The van der Waals surface area contributed by atoms with Crippen LogP contribution in [0, 0.1) is 11.6 Å². The highest BCUT2D eigenvalue weighted by molar-refractivity contribution is 7.09. The Kier molecular flexibility index (Phi) is 6.65. The smallest absolute Gasteiger partial charge is 0.159 e. The Labute approximate surface area is 147 Å². The highest BCUT2D eigenvalue weighted by Crippen LogP contribution is 2.22. The number of halogens is 3. The fourth-order valence-corrected chi connectivity index (χ4v) is 3.58. The summed E-state index contributed by atoms with van der Waals surface area (Å²) in [6.45, 7) is 0.464. The number of thiazole rings is 1. The third-order valence-corrected chi connectivity index (χ3v) is 4.93. The first kappa shape index (κ1) is 18.0. The van der Waals surface area contributed by atoms with Crippen molar-refractivity contribution >= 4 is 35.1 Å². The molecule has 1 aromatic carbocycles. The first-order valence-electron chi connectivity index (χ1n) is 6.80. The van der Waals surface area contributed by atoms with E-state index in [4.69, 9.17) is 0 Å². The summed E-state index contributed by atoms with van der Waals surface area (Å²) in [6, 6.07) is 6.12. The van der Waals surface area contributed by atoms with Gasteiger partial charge in [-0.15, -0.1) is 23.7 Å². The second kappa shape index (κ2) is 8.49. The summed E-state index contributed by atoms with van der Waals surface area (Å²) >= 11 is 3.25. The molecule has 0 bridgehead atoms. The molecule has 2 aromatic heterocycles. The molecular weight excluding hydrogens is 358 g/mol. The van der Waals surface area contributed by atoms with Gasteiger partial charge in [-0.3, -0.25) is 0 Å². The van der Waals surface area contributed by atoms with Crippen LogP contribution in [-0.2, 0) is 13.0 Å². The number of aromatic nitrogens is 1. The molecule has 23 heavy (non-hydrogen) atoms. The zero-order valence-electron chi connectivity index (χ0n) is 12.0. The number of hydrogen-bond acceptors (Lipinski definition) is 4. The van der Waals surface area contributed by atoms with Crippen LogP contribution < -0.4 is 5.32 Å². The van der Waals surface area contributed by atoms with Crippen molar-refractivity contribution in [1.29, 1.82) is 0 Å². The lowest BCUT2D eigenvalue weighted by molar-refractivity contribution is 0.499. The highest BCUT2D eigenvalue weighted by Gasteiger charge is 2.15. The van der Waals surface area contributed by atoms with Gasteiger partial charge in [0.25, 0.3) is 0 Å². The van der Waals surface area contributed by atoms with Crippen LogP contribution in [0.3, 0.4) is 0 Å². The van der Waals surface area contributed by atoms with E-state index in [-0.39, 0.29) is 18.4 Å². The molecule has 2 heterocycles. The van der Waals surface area contributed by atoms with Gasteiger partial charge in [-0.25, -0.2) is 13.8 Å². The molecule has 0 radical (unpaired) electrons. The number of nitrogens with zero attached hydrogens (tertiary/aromatic N) is 1. The third kappa shape index (κ3) is 4.81. The van der Waals surface area contributed by atoms with Crippen molar-refractivity contribution in [3.05, 3.63) is 74.4 Å². The van der Waals surface area contributed by atoms with E-state index in [1.165, 1.54) is 11.6 Å². The Morgan fingerprint density at radius 1 is 1.09 bits per heavy atom. The third-order valence-electron chi connectivity index (χ3n) is 3.31. The molecule has 0 amide bonds. The number of thiophene rings is 1. The molecule has 7 heteroatoms. The maximum absolute atomic E-state index is 13.3. The standard InChI is InChI=1S/C16H14F2N2S2.ClH/c17-13-2-1-11(7-14(13)18)9-20-15(16-19-4-6-22-16)8-12-3-5-21-10-12;/h1-7,10,15,20H,8-9H2;1H. The van der Waals surface area contributed by atoms with Gasteiger partial charge in [-0.05, 0) is 46.5 Å². The van der Waals surface area contributed by atoms with Crippen molar-refractivity contribution in [3.63, 3.8) is 0 Å². The lowest BCUT2D eigenvalue weighted by Crippen LogP contribution is -2.22. The second-order valence-electron chi connectivity index (χ2n) is 4.89. The Bertz CT molecular complexity index is 718. The quantitative estimate of drug-likeness (QED) is 0.660. The predicted octanol–water partition coefficient (Wildman–Crippen LogP) is 4.98. The van der Waals surface area contributed by atoms with Gasteiger partial charge >= 0.3 is 0 Å². The molecule has 1 N–H and O–H groups in total. The summed E-state index contributed by atoms with van der Waals surface area (Å²) in [6.07, 6.45) is 2.60. The predicted molar refractivity (Wildman–Crippen MR) is 93.3 cm³/mol. The molecule has 0 aliphatic heterocycles. The molecule has 2 nitrogen and oxygen atoms in total. The fourth-order valence-electron chi connectivity index (χ4n) is 2.19. The zero-order chi connectivity index (χ0) is 15.4. The summed E-state index contributed by atoms with van der Waals surface area (Å²) in [5.74, 6) is -1.64. The van der Waals surface area contributed by atoms with Gasteiger partial charge in [0.2, 0.25) is 0 Å². The average molecular weight is 373 g/mol. The minimum Gasteiger partial charge on any atom is -0.304 e. The van der Waals surface area contributed by atoms with E-state index in [9.17, 15) is 8.78 Å². The SMILES string of the molecule is Cl.Fc1ccc(CNC(Cc2ccsc2)c2nccs2)cc1F. The second-order valence-corrected chi connectivity index (χ2v) is 6.59. The monoisotopic (exact) mass is 372 g/mol. The molecule has 0 spiro atoms. The molecular formula is C16H15ClF2N2S2. The van der Waals surface area contributed by atoms with Crippen LogP contribution >= 0.6 is 35.1 Å². The fraction of sp³-hybridized carbons (Fsp3) is 0.188.